The van der Waals surface area contributed by atoms with E-state index in [2.05, 4.69) is 0 Å². The standard InChI is InChI=1S/C16H13ClFNO2/c17-12-9-11-3-1-7-19(16(11)14(18)10-12)15(20)6-5-13-4-2-8-21-13/h2,4-6,8-10H,1,3,7H2/b6-5+. The Bertz CT molecular complexity index is 695. The first-order valence-electron chi connectivity index (χ1n) is 6.66. The Morgan fingerprint density at radius 3 is 3.05 bits per heavy atom. The van der Waals surface area contributed by atoms with E-state index in [1.807, 2.05) is 0 Å². The Kier molecular flexibility index (Phi) is 3.80. The first-order valence-corrected chi connectivity index (χ1v) is 7.04. The van der Waals surface area contributed by atoms with Gasteiger partial charge in [-0.2, -0.15) is 0 Å². The zero-order chi connectivity index (χ0) is 14.8. The maximum atomic E-state index is 14.1. The summed E-state index contributed by atoms with van der Waals surface area (Å²) in [6.07, 6.45) is 6.00. The summed E-state index contributed by atoms with van der Waals surface area (Å²) >= 11 is 5.87. The second-order valence-electron chi connectivity index (χ2n) is 4.84. The molecule has 108 valence electrons. The van der Waals surface area contributed by atoms with Gasteiger partial charge in [-0.25, -0.2) is 4.39 Å². The van der Waals surface area contributed by atoms with E-state index in [4.69, 9.17) is 16.0 Å². The van der Waals surface area contributed by atoms with Crippen LogP contribution in [0.1, 0.15) is 17.7 Å². The van der Waals surface area contributed by atoms with E-state index in [0.717, 1.165) is 18.4 Å². The van der Waals surface area contributed by atoms with Gasteiger partial charge >= 0.3 is 0 Å². The zero-order valence-corrected chi connectivity index (χ0v) is 11.9. The molecule has 2 heterocycles. The summed E-state index contributed by atoms with van der Waals surface area (Å²) in [7, 11) is 0. The van der Waals surface area contributed by atoms with Gasteiger partial charge in [0.1, 0.15) is 11.6 Å². The van der Waals surface area contributed by atoms with Crippen molar-refractivity contribution in [3.05, 3.63) is 58.8 Å². The summed E-state index contributed by atoms with van der Waals surface area (Å²) in [5.41, 5.74) is 1.10. The van der Waals surface area contributed by atoms with Crippen molar-refractivity contribution in [3.8, 4) is 0 Å². The molecule has 0 fully saturated rings. The number of rotatable bonds is 2. The number of aryl methyl sites for hydroxylation is 1. The average Bonchev–Trinajstić information content (AvgIpc) is 2.97. The highest BCUT2D eigenvalue weighted by Gasteiger charge is 2.25. The lowest BCUT2D eigenvalue weighted by atomic mass is 10.0. The maximum absolute atomic E-state index is 14.1. The second-order valence-corrected chi connectivity index (χ2v) is 5.27. The normalized spacial score (nSPS) is 14.5. The van der Waals surface area contributed by atoms with E-state index in [1.54, 1.807) is 24.3 Å². The minimum absolute atomic E-state index is 0.270. The maximum Gasteiger partial charge on any atom is 0.251 e. The number of furan rings is 1. The third-order valence-corrected chi connectivity index (χ3v) is 3.62. The van der Waals surface area contributed by atoms with Crippen molar-refractivity contribution < 1.29 is 13.6 Å². The molecule has 21 heavy (non-hydrogen) atoms. The average molecular weight is 306 g/mol. The molecule has 0 saturated carbocycles. The number of hydrogen-bond donors (Lipinski definition) is 0. The molecule has 1 aromatic carbocycles. The molecular weight excluding hydrogens is 293 g/mol. The number of anilines is 1. The molecule has 0 radical (unpaired) electrons. The molecule has 0 atom stereocenters. The van der Waals surface area contributed by atoms with Gasteiger partial charge in [-0.1, -0.05) is 11.6 Å². The first-order chi connectivity index (χ1) is 10.1. The molecule has 1 aliphatic heterocycles. The van der Waals surface area contributed by atoms with Crippen molar-refractivity contribution in [2.75, 3.05) is 11.4 Å². The third-order valence-electron chi connectivity index (χ3n) is 3.40. The highest BCUT2D eigenvalue weighted by atomic mass is 35.5. The van der Waals surface area contributed by atoms with Gasteiger partial charge in [0.05, 0.1) is 12.0 Å². The van der Waals surface area contributed by atoms with Crippen LogP contribution in [0.25, 0.3) is 6.08 Å². The van der Waals surface area contributed by atoms with Crippen LogP contribution in [0.4, 0.5) is 10.1 Å². The number of fused-ring (bicyclic) bond motifs is 1. The molecule has 0 aliphatic carbocycles. The molecule has 0 spiro atoms. The predicted molar refractivity (Wildman–Crippen MR) is 79.8 cm³/mol. The quantitative estimate of drug-likeness (QED) is 0.784. The lowest BCUT2D eigenvalue weighted by molar-refractivity contribution is -0.114. The molecule has 0 bridgehead atoms. The molecule has 3 nitrogen and oxygen atoms in total. The van der Waals surface area contributed by atoms with Crippen molar-refractivity contribution in [3.63, 3.8) is 0 Å². The fourth-order valence-electron chi connectivity index (χ4n) is 2.50. The van der Waals surface area contributed by atoms with Gasteiger partial charge in [0.2, 0.25) is 0 Å². The van der Waals surface area contributed by atoms with Crippen LogP contribution in [0, 0.1) is 5.82 Å². The fourth-order valence-corrected chi connectivity index (χ4v) is 2.73. The van der Waals surface area contributed by atoms with Crippen molar-refractivity contribution in [2.45, 2.75) is 12.8 Å². The molecule has 3 rings (SSSR count). The van der Waals surface area contributed by atoms with Gasteiger partial charge in [-0.15, -0.1) is 0 Å². The van der Waals surface area contributed by atoms with E-state index >= 15 is 0 Å². The Labute approximate surface area is 126 Å². The summed E-state index contributed by atoms with van der Waals surface area (Å²) in [5.74, 6) is -0.150. The minimum Gasteiger partial charge on any atom is -0.465 e. The number of amides is 1. The van der Waals surface area contributed by atoms with Gasteiger partial charge in [-0.05, 0) is 48.7 Å². The van der Waals surface area contributed by atoms with Crippen LogP contribution < -0.4 is 4.90 Å². The third kappa shape index (κ3) is 2.85. The van der Waals surface area contributed by atoms with Gasteiger partial charge in [-0.3, -0.25) is 4.79 Å². The summed E-state index contributed by atoms with van der Waals surface area (Å²) in [6, 6.07) is 6.44. The zero-order valence-electron chi connectivity index (χ0n) is 11.2. The van der Waals surface area contributed by atoms with Gasteiger partial charge in [0, 0.05) is 17.6 Å². The molecule has 2 aromatic rings. The number of hydrogen-bond acceptors (Lipinski definition) is 2. The molecule has 1 amide bonds. The molecule has 1 aliphatic rings. The summed E-state index contributed by atoms with van der Waals surface area (Å²) in [4.78, 5) is 13.7. The summed E-state index contributed by atoms with van der Waals surface area (Å²) in [6.45, 7) is 0.493. The number of benzene rings is 1. The van der Waals surface area contributed by atoms with E-state index in [1.165, 1.54) is 23.3 Å². The van der Waals surface area contributed by atoms with Crippen LogP contribution >= 0.6 is 11.6 Å². The minimum atomic E-state index is -0.461. The van der Waals surface area contributed by atoms with Crippen molar-refractivity contribution in [1.82, 2.24) is 0 Å². The number of nitrogens with zero attached hydrogens (tertiary/aromatic N) is 1. The lowest BCUT2D eigenvalue weighted by Gasteiger charge is -2.29. The topological polar surface area (TPSA) is 33.5 Å². The van der Waals surface area contributed by atoms with E-state index in [-0.39, 0.29) is 5.91 Å². The van der Waals surface area contributed by atoms with Crippen LogP contribution in [-0.4, -0.2) is 12.5 Å². The Balaban J connectivity index is 1.89. The first kappa shape index (κ1) is 13.9. The smallest absolute Gasteiger partial charge is 0.251 e. The summed E-state index contributed by atoms with van der Waals surface area (Å²) in [5, 5.41) is 0.353. The van der Waals surface area contributed by atoms with E-state index in [9.17, 15) is 9.18 Å². The molecule has 0 unspecified atom stereocenters. The molecule has 0 saturated heterocycles. The van der Waals surface area contributed by atoms with Gasteiger partial charge in [0.25, 0.3) is 5.91 Å². The number of carbonyl (C=O) groups is 1. The van der Waals surface area contributed by atoms with Crippen LogP contribution in [0.2, 0.25) is 5.02 Å². The largest absolute Gasteiger partial charge is 0.465 e. The fraction of sp³-hybridized carbons (Fsp3) is 0.188. The highest BCUT2D eigenvalue weighted by molar-refractivity contribution is 6.30. The summed E-state index contributed by atoms with van der Waals surface area (Å²) < 4.78 is 19.3. The Hall–Kier alpha value is -2.07. The van der Waals surface area contributed by atoms with Crippen LogP contribution in [0.15, 0.2) is 41.0 Å². The van der Waals surface area contributed by atoms with Gasteiger partial charge < -0.3 is 9.32 Å². The SMILES string of the molecule is O=C(/C=C/c1ccco1)N1CCCc2cc(Cl)cc(F)c21. The van der Waals surface area contributed by atoms with Crippen LogP contribution in [0.3, 0.4) is 0 Å². The Morgan fingerprint density at radius 2 is 2.29 bits per heavy atom. The Morgan fingerprint density at radius 1 is 1.43 bits per heavy atom. The van der Waals surface area contributed by atoms with Crippen LogP contribution in [0.5, 0.6) is 0 Å². The molecule has 1 aromatic heterocycles. The molecular formula is C16H13ClFNO2. The van der Waals surface area contributed by atoms with E-state index in [0.29, 0.717) is 23.0 Å². The van der Waals surface area contributed by atoms with Crippen LogP contribution in [-0.2, 0) is 11.2 Å². The molecule has 0 N–H and O–H groups in total. The lowest BCUT2D eigenvalue weighted by Crippen LogP contribution is -2.35. The second kappa shape index (κ2) is 5.74. The highest BCUT2D eigenvalue weighted by Crippen LogP contribution is 2.33. The van der Waals surface area contributed by atoms with E-state index < -0.39 is 5.82 Å². The van der Waals surface area contributed by atoms with Gasteiger partial charge in [0.15, 0.2) is 0 Å². The molecule has 5 heteroatoms. The number of halogens is 2. The monoisotopic (exact) mass is 305 g/mol. The predicted octanol–water partition coefficient (Wildman–Crippen LogP) is 4.06. The van der Waals surface area contributed by atoms with Crippen molar-refractivity contribution >= 4 is 29.3 Å². The van der Waals surface area contributed by atoms with Crippen molar-refractivity contribution in [1.29, 1.82) is 0 Å². The van der Waals surface area contributed by atoms with Crippen molar-refractivity contribution in [2.24, 2.45) is 0 Å². The number of carbonyl (C=O) groups excluding carboxylic acids is 1.